The SMILES string of the molecule is CC(C)NCc1c(Cl)cccc1Oc1cc(Br)ccc1Cl. The molecule has 0 aromatic heterocycles. The van der Waals surface area contributed by atoms with Crippen LogP contribution in [0.1, 0.15) is 19.4 Å². The standard InChI is InChI=1S/C16H16BrCl2NO/c1-10(2)20-9-12-13(18)4-3-5-15(12)21-16-8-11(17)6-7-14(16)19/h3-8,10,20H,9H2,1-2H3. The second-order valence-electron chi connectivity index (χ2n) is 4.93. The number of hydrogen-bond donors (Lipinski definition) is 1. The highest BCUT2D eigenvalue weighted by Gasteiger charge is 2.11. The lowest BCUT2D eigenvalue weighted by atomic mass is 10.2. The summed E-state index contributed by atoms with van der Waals surface area (Å²) in [5.41, 5.74) is 0.920. The average molecular weight is 389 g/mol. The first-order valence-corrected chi connectivity index (χ1v) is 8.16. The predicted octanol–water partition coefficient (Wildman–Crippen LogP) is 6.05. The van der Waals surface area contributed by atoms with Crippen LogP contribution in [0.3, 0.4) is 0 Å². The van der Waals surface area contributed by atoms with Gasteiger partial charge in [-0.1, -0.05) is 59.0 Å². The number of hydrogen-bond acceptors (Lipinski definition) is 2. The monoisotopic (exact) mass is 387 g/mol. The summed E-state index contributed by atoms with van der Waals surface area (Å²) in [6.07, 6.45) is 0. The maximum atomic E-state index is 6.29. The molecule has 5 heteroatoms. The third-order valence-electron chi connectivity index (χ3n) is 2.88. The van der Waals surface area contributed by atoms with Gasteiger partial charge < -0.3 is 10.1 Å². The van der Waals surface area contributed by atoms with E-state index in [1.165, 1.54) is 0 Å². The first kappa shape index (κ1) is 16.6. The van der Waals surface area contributed by atoms with E-state index in [2.05, 4.69) is 35.1 Å². The fourth-order valence-corrected chi connectivity index (χ4v) is 2.51. The molecule has 0 amide bonds. The second-order valence-corrected chi connectivity index (χ2v) is 6.66. The predicted molar refractivity (Wildman–Crippen MR) is 92.7 cm³/mol. The maximum absolute atomic E-state index is 6.29. The molecular weight excluding hydrogens is 373 g/mol. The Morgan fingerprint density at radius 3 is 2.57 bits per heavy atom. The van der Waals surface area contributed by atoms with Crippen molar-refractivity contribution < 1.29 is 4.74 Å². The van der Waals surface area contributed by atoms with Crippen LogP contribution in [0, 0.1) is 0 Å². The van der Waals surface area contributed by atoms with Crippen molar-refractivity contribution in [2.24, 2.45) is 0 Å². The average Bonchev–Trinajstić information content (AvgIpc) is 2.42. The van der Waals surface area contributed by atoms with E-state index in [-0.39, 0.29) is 0 Å². The summed E-state index contributed by atoms with van der Waals surface area (Å²) in [5.74, 6) is 1.30. The Balaban J connectivity index is 2.31. The lowest BCUT2D eigenvalue weighted by molar-refractivity contribution is 0.469. The van der Waals surface area contributed by atoms with Crippen LogP contribution in [-0.2, 0) is 6.54 Å². The van der Waals surface area contributed by atoms with Crippen LogP contribution in [0.2, 0.25) is 10.0 Å². The van der Waals surface area contributed by atoms with E-state index in [4.69, 9.17) is 27.9 Å². The van der Waals surface area contributed by atoms with Crippen LogP contribution in [0.25, 0.3) is 0 Å². The summed E-state index contributed by atoms with van der Waals surface area (Å²) in [4.78, 5) is 0. The highest BCUT2D eigenvalue weighted by atomic mass is 79.9. The molecule has 2 nitrogen and oxygen atoms in total. The highest BCUT2D eigenvalue weighted by Crippen LogP contribution is 2.35. The van der Waals surface area contributed by atoms with Crippen molar-refractivity contribution in [1.29, 1.82) is 0 Å². The molecule has 1 N–H and O–H groups in total. The summed E-state index contributed by atoms with van der Waals surface area (Å²) in [7, 11) is 0. The fraction of sp³-hybridized carbons (Fsp3) is 0.250. The molecule has 2 rings (SSSR count). The molecule has 21 heavy (non-hydrogen) atoms. The lowest BCUT2D eigenvalue weighted by Gasteiger charge is -2.15. The van der Waals surface area contributed by atoms with Crippen LogP contribution >= 0.6 is 39.1 Å². The number of rotatable bonds is 5. The number of halogens is 3. The van der Waals surface area contributed by atoms with E-state index in [0.717, 1.165) is 10.0 Å². The minimum Gasteiger partial charge on any atom is -0.455 e. The third-order valence-corrected chi connectivity index (χ3v) is 4.04. The third kappa shape index (κ3) is 4.62. The number of benzene rings is 2. The van der Waals surface area contributed by atoms with Crippen molar-refractivity contribution in [2.45, 2.75) is 26.4 Å². The van der Waals surface area contributed by atoms with Crippen molar-refractivity contribution in [3.63, 3.8) is 0 Å². The van der Waals surface area contributed by atoms with E-state index >= 15 is 0 Å². The zero-order chi connectivity index (χ0) is 15.4. The van der Waals surface area contributed by atoms with Gasteiger partial charge in [-0.3, -0.25) is 0 Å². The van der Waals surface area contributed by atoms with Crippen molar-refractivity contribution in [3.8, 4) is 11.5 Å². The maximum Gasteiger partial charge on any atom is 0.147 e. The van der Waals surface area contributed by atoms with E-state index in [0.29, 0.717) is 34.1 Å². The Labute approximate surface area is 143 Å². The summed E-state index contributed by atoms with van der Waals surface area (Å²) < 4.78 is 6.86. The molecule has 0 aliphatic rings. The molecule has 112 valence electrons. The van der Waals surface area contributed by atoms with E-state index in [1.54, 1.807) is 6.07 Å². The number of ether oxygens (including phenoxy) is 1. The van der Waals surface area contributed by atoms with Gasteiger partial charge in [0, 0.05) is 27.6 Å². The van der Waals surface area contributed by atoms with Gasteiger partial charge in [0.2, 0.25) is 0 Å². The van der Waals surface area contributed by atoms with Gasteiger partial charge in [-0.25, -0.2) is 0 Å². The van der Waals surface area contributed by atoms with Gasteiger partial charge in [-0.05, 0) is 30.3 Å². The van der Waals surface area contributed by atoms with E-state index in [9.17, 15) is 0 Å². The van der Waals surface area contributed by atoms with E-state index < -0.39 is 0 Å². The van der Waals surface area contributed by atoms with Crippen LogP contribution in [0.15, 0.2) is 40.9 Å². The lowest BCUT2D eigenvalue weighted by Crippen LogP contribution is -2.22. The Morgan fingerprint density at radius 2 is 1.86 bits per heavy atom. The Hall–Kier alpha value is -0.740. The largest absolute Gasteiger partial charge is 0.455 e. The topological polar surface area (TPSA) is 21.3 Å². The molecular formula is C16H16BrCl2NO. The van der Waals surface area contributed by atoms with Gasteiger partial charge in [0.1, 0.15) is 11.5 Å². The molecule has 0 heterocycles. The van der Waals surface area contributed by atoms with Crippen LogP contribution in [0.4, 0.5) is 0 Å². The van der Waals surface area contributed by atoms with Crippen LogP contribution < -0.4 is 10.1 Å². The van der Waals surface area contributed by atoms with Gasteiger partial charge in [0.25, 0.3) is 0 Å². The van der Waals surface area contributed by atoms with Gasteiger partial charge >= 0.3 is 0 Å². The Bertz CT molecular complexity index is 632. The zero-order valence-corrected chi connectivity index (χ0v) is 14.9. The fourth-order valence-electron chi connectivity index (χ4n) is 1.79. The van der Waals surface area contributed by atoms with Gasteiger partial charge in [-0.15, -0.1) is 0 Å². The van der Waals surface area contributed by atoms with Gasteiger partial charge in [0.15, 0.2) is 0 Å². The molecule has 0 aliphatic carbocycles. The first-order valence-electron chi connectivity index (χ1n) is 6.61. The molecule has 0 unspecified atom stereocenters. The molecule has 0 atom stereocenters. The van der Waals surface area contributed by atoms with Crippen molar-refractivity contribution in [3.05, 3.63) is 56.5 Å². The Morgan fingerprint density at radius 1 is 1.10 bits per heavy atom. The second kappa shape index (κ2) is 7.50. The molecule has 0 radical (unpaired) electrons. The van der Waals surface area contributed by atoms with Gasteiger partial charge in [0.05, 0.1) is 5.02 Å². The minimum absolute atomic E-state index is 0.364. The molecule has 0 aliphatic heterocycles. The molecule has 2 aromatic carbocycles. The van der Waals surface area contributed by atoms with Crippen LogP contribution in [-0.4, -0.2) is 6.04 Å². The van der Waals surface area contributed by atoms with Crippen molar-refractivity contribution in [1.82, 2.24) is 5.32 Å². The van der Waals surface area contributed by atoms with Crippen molar-refractivity contribution in [2.75, 3.05) is 0 Å². The van der Waals surface area contributed by atoms with E-state index in [1.807, 2.05) is 30.3 Å². The molecule has 2 aromatic rings. The molecule has 0 saturated carbocycles. The van der Waals surface area contributed by atoms with Crippen molar-refractivity contribution >= 4 is 39.1 Å². The van der Waals surface area contributed by atoms with Crippen LogP contribution in [0.5, 0.6) is 11.5 Å². The number of nitrogens with one attached hydrogen (secondary N) is 1. The first-order chi connectivity index (χ1) is 9.97. The molecule has 0 bridgehead atoms. The van der Waals surface area contributed by atoms with Gasteiger partial charge in [-0.2, -0.15) is 0 Å². The smallest absolute Gasteiger partial charge is 0.147 e. The summed E-state index contributed by atoms with van der Waals surface area (Å²) in [6.45, 7) is 4.81. The summed E-state index contributed by atoms with van der Waals surface area (Å²) >= 11 is 15.9. The molecule has 0 saturated heterocycles. The molecule has 0 fully saturated rings. The highest BCUT2D eigenvalue weighted by molar-refractivity contribution is 9.10. The zero-order valence-electron chi connectivity index (χ0n) is 11.8. The summed E-state index contributed by atoms with van der Waals surface area (Å²) in [5, 5.41) is 4.58. The summed E-state index contributed by atoms with van der Waals surface area (Å²) in [6, 6.07) is 11.5. The Kier molecular flexibility index (Phi) is 5.94. The molecule has 0 spiro atoms. The quantitative estimate of drug-likeness (QED) is 0.673. The minimum atomic E-state index is 0.364. The normalized spacial score (nSPS) is 11.0.